The average molecular weight is 334 g/mol. The maximum Gasteiger partial charge on any atom is 0.335 e. The Kier molecular flexibility index (Phi) is 4.98. The summed E-state index contributed by atoms with van der Waals surface area (Å²) in [4.78, 5) is 15.6. The minimum absolute atomic E-state index is 0.281. The van der Waals surface area contributed by atoms with E-state index in [-0.39, 0.29) is 5.56 Å². The molecule has 0 aliphatic carbocycles. The number of nitrogens with one attached hydrogen (secondary N) is 1. The van der Waals surface area contributed by atoms with Gasteiger partial charge in [-0.15, -0.1) is 0 Å². The number of nitrogens with zero attached hydrogens (tertiary/aromatic N) is 1. The average Bonchev–Trinajstić information content (AvgIpc) is 2.60. The fourth-order valence-corrected chi connectivity index (χ4v) is 2.90. The predicted octanol–water partition coefficient (Wildman–Crippen LogP) is 5.33. The third-order valence-corrected chi connectivity index (χ3v) is 4.23. The molecule has 0 amide bonds. The number of aryl methyl sites for hydroxylation is 2. The first-order valence-electron chi connectivity index (χ1n) is 8.57. The number of carboxylic acid groups (broad SMARTS) is 1. The molecular formula is C21H22N2O2. The number of hydrogen-bond acceptors (Lipinski definition) is 3. The molecule has 1 aromatic heterocycles. The normalized spacial score (nSPS) is 10.8. The number of benzene rings is 2. The number of aromatic carboxylic acids is 1. The Morgan fingerprint density at radius 3 is 2.56 bits per heavy atom. The third kappa shape index (κ3) is 3.97. The van der Waals surface area contributed by atoms with Crippen molar-refractivity contribution in [3.8, 4) is 0 Å². The summed E-state index contributed by atoms with van der Waals surface area (Å²) in [6, 6.07) is 15.2. The molecule has 25 heavy (non-hydrogen) atoms. The zero-order valence-corrected chi connectivity index (χ0v) is 14.5. The number of carbonyl (C=O) groups is 1. The van der Waals surface area contributed by atoms with E-state index in [1.165, 1.54) is 18.4 Å². The van der Waals surface area contributed by atoms with Crippen LogP contribution in [-0.4, -0.2) is 16.1 Å². The van der Waals surface area contributed by atoms with Crippen LogP contribution in [0.4, 0.5) is 11.4 Å². The lowest BCUT2D eigenvalue weighted by Crippen LogP contribution is -1.98. The van der Waals surface area contributed by atoms with Gasteiger partial charge in [-0.05, 0) is 67.8 Å². The molecule has 0 saturated heterocycles. The van der Waals surface area contributed by atoms with Gasteiger partial charge in [0.2, 0.25) is 0 Å². The minimum atomic E-state index is -0.919. The van der Waals surface area contributed by atoms with Gasteiger partial charge in [-0.1, -0.05) is 19.4 Å². The lowest BCUT2D eigenvalue weighted by Gasteiger charge is -2.12. The van der Waals surface area contributed by atoms with Gasteiger partial charge in [0.1, 0.15) is 0 Å². The van der Waals surface area contributed by atoms with E-state index in [0.29, 0.717) is 0 Å². The zero-order chi connectivity index (χ0) is 17.8. The number of unbranched alkanes of at least 4 members (excludes halogenated alkanes) is 1. The topological polar surface area (TPSA) is 62.2 Å². The number of hydrogen-bond donors (Lipinski definition) is 2. The molecule has 4 nitrogen and oxygen atoms in total. The Balaban J connectivity index is 1.97. The molecule has 2 aromatic carbocycles. The van der Waals surface area contributed by atoms with E-state index in [9.17, 15) is 4.79 Å². The van der Waals surface area contributed by atoms with Crippen LogP contribution in [0.5, 0.6) is 0 Å². The van der Waals surface area contributed by atoms with E-state index >= 15 is 0 Å². The van der Waals surface area contributed by atoms with Crippen molar-refractivity contribution in [3.05, 3.63) is 65.4 Å². The number of anilines is 2. The van der Waals surface area contributed by atoms with Crippen molar-refractivity contribution in [2.45, 2.75) is 33.1 Å². The van der Waals surface area contributed by atoms with Crippen molar-refractivity contribution < 1.29 is 9.90 Å². The van der Waals surface area contributed by atoms with Gasteiger partial charge in [0.25, 0.3) is 0 Å². The molecule has 0 fully saturated rings. The third-order valence-electron chi connectivity index (χ3n) is 4.23. The van der Waals surface area contributed by atoms with Crippen LogP contribution in [0, 0.1) is 6.92 Å². The molecule has 0 unspecified atom stereocenters. The van der Waals surface area contributed by atoms with Crippen LogP contribution in [0.3, 0.4) is 0 Å². The molecule has 0 radical (unpaired) electrons. The Bertz CT molecular complexity index is 902. The largest absolute Gasteiger partial charge is 0.478 e. The van der Waals surface area contributed by atoms with Crippen LogP contribution in [0.25, 0.3) is 10.9 Å². The second-order valence-electron chi connectivity index (χ2n) is 6.27. The second-order valence-corrected chi connectivity index (χ2v) is 6.27. The van der Waals surface area contributed by atoms with Gasteiger partial charge >= 0.3 is 5.97 Å². The molecule has 0 saturated carbocycles. The van der Waals surface area contributed by atoms with Gasteiger partial charge in [0, 0.05) is 22.5 Å². The number of aromatic nitrogens is 1. The van der Waals surface area contributed by atoms with Gasteiger partial charge in [0.15, 0.2) is 0 Å². The summed E-state index contributed by atoms with van der Waals surface area (Å²) in [5.41, 5.74) is 5.34. The molecule has 0 bridgehead atoms. The van der Waals surface area contributed by atoms with E-state index < -0.39 is 5.97 Å². The summed E-state index contributed by atoms with van der Waals surface area (Å²) in [6.45, 7) is 4.17. The molecule has 0 spiro atoms. The smallest absolute Gasteiger partial charge is 0.335 e. The number of carboxylic acids is 1. The quantitative estimate of drug-likeness (QED) is 0.640. The molecule has 128 valence electrons. The number of pyridine rings is 1. The van der Waals surface area contributed by atoms with Gasteiger partial charge in [-0.25, -0.2) is 4.79 Å². The van der Waals surface area contributed by atoms with E-state index in [4.69, 9.17) is 5.11 Å². The fourth-order valence-electron chi connectivity index (χ4n) is 2.90. The van der Waals surface area contributed by atoms with Crippen molar-refractivity contribution in [2.24, 2.45) is 0 Å². The summed E-state index contributed by atoms with van der Waals surface area (Å²) in [7, 11) is 0. The van der Waals surface area contributed by atoms with Crippen molar-refractivity contribution in [1.29, 1.82) is 0 Å². The zero-order valence-electron chi connectivity index (χ0n) is 14.5. The van der Waals surface area contributed by atoms with Crippen molar-refractivity contribution >= 4 is 28.2 Å². The minimum Gasteiger partial charge on any atom is -0.478 e. The van der Waals surface area contributed by atoms with Crippen molar-refractivity contribution in [1.82, 2.24) is 4.98 Å². The highest BCUT2D eigenvalue weighted by molar-refractivity contribution is 5.94. The van der Waals surface area contributed by atoms with Gasteiger partial charge in [-0.3, -0.25) is 4.98 Å². The highest BCUT2D eigenvalue weighted by Gasteiger charge is 2.07. The van der Waals surface area contributed by atoms with E-state index in [2.05, 4.69) is 35.4 Å². The Morgan fingerprint density at radius 2 is 1.88 bits per heavy atom. The molecule has 0 aliphatic rings. The van der Waals surface area contributed by atoms with E-state index in [1.807, 2.05) is 13.0 Å². The molecule has 3 rings (SSSR count). The van der Waals surface area contributed by atoms with Crippen LogP contribution in [0.15, 0.2) is 48.5 Å². The number of rotatable bonds is 6. The van der Waals surface area contributed by atoms with Gasteiger partial charge in [0.05, 0.1) is 11.1 Å². The first-order valence-corrected chi connectivity index (χ1v) is 8.57. The summed E-state index contributed by atoms with van der Waals surface area (Å²) in [6.07, 6.45) is 3.41. The Labute approximate surface area is 147 Å². The highest BCUT2D eigenvalue weighted by atomic mass is 16.4. The molecule has 4 heteroatoms. The monoisotopic (exact) mass is 334 g/mol. The molecule has 2 N–H and O–H groups in total. The molecular weight excluding hydrogens is 312 g/mol. The fraction of sp³-hybridized carbons (Fsp3) is 0.238. The second kappa shape index (κ2) is 7.34. The van der Waals surface area contributed by atoms with E-state index in [1.54, 1.807) is 24.3 Å². The predicted molar refractivity (Wildman–Crippen MR) is 102 cm³/mol. The van der Waals surface area contributed by atoms with Crippen LogP contribution >= 0.6 is 0 Å². The van der Waals surface area contributed by atoms with E-state index in [0.717, 1.165) is 34.4 Å². The van der Waals surface area contributed by atoms with Crippen molar-refractivity contribution in [3.63, 3.8) is 0 Å². The maximum atomic E-state index is 11.0. The van der Waals surface area contributed by atoms with Crippen LogP contribution in [0.1, 0.15) is 41.4 Å². The summed E-state index contributed by atoms with van der Waals surface area (Å²) in [5, 5.41) is 13.5. The van der Waals surface area contributed by atoms with Crippen LogP contribution < -0.4 is 5.32 Å². The molecule has 1 heterocycles. The Morgan fingerprint density at radius 1 is 1.12 bits per heavy atom. The first-order chi connectivity index (χ1) is 12.1. The molecule has 3 aromatic rings. The lowest BCUT2D eigenvalue weighted by atomic mass is 10.0. The van der Waals surface area contributed by atoms with Crippen LogP contribution in [-0.2, 0) is 6.42 Å². The lowest BCUT2D eigenvalue weighted by molar-refractivity contribution is 0.0697. The standard InChI is InChI=1S/C21H22N2O2/c1-3-4-5-15-6-11-19-18(13-15)20(12-14(2)22-19)23-17-9-7-16(8-10-17)21(24)25/h6-13H,3-5H2,1-2H3,(H,22,23)(H,24,25). The van der Waals surface area contributed by atoms with Crippen molar-refractivity contribution in [2.75, 3.05) is 5.32 Å². The molecule has 0 aliphatic heterocycles. The van der Waals surface area contributed by atoms with Gasteiger partial charge < -0.3 is 10.4 Å². The van der Waals surface area contributed by atoms with Crippen LogP contribution in [0.2, 0.25) is 0 Å². The SMILES string of the molecule is CCCCc1ccc2nc(C)cc(Nc3ccc(C(=O)O)cc3)c2c1. The maximum absolute atomic E-state index is 11.0. The summed E-state index contributed by atoms with van der Waals surface area (Å²) in [5.74, 6) is -0.919. The number of fused-ring (bicyclic) bond motifs is 1. The highest BCUT2D eigenvalue weighted by Crippen LogP contribution is 2.28. The first kappa shape index (κ1) is 17.0. The molecule has 0 atom stereocenters. The summed E-state index contributed by atoms with van der Waals surface area (Å²) < 4.78 is 0. The van der Waals surface area contributed by atoms with Gasteiger partial charge in [-0.2, -0.15) is 0 Å². The Hall–Kier alpha value is -2.88. The summed E-state index contributed by atoms with van der Waals surface area (Å²) >= 11 is 0.